The highest BCUT2D eigenvalue weighted by Gasteiger charge is 2.27. The third kappa shape index (κ3) is 3.64. The fourth-order valence-corrected chi connectivity index (χ4v) is 3.69. The van der Waals surface area contributed by atoms with Crippen molar-refractivity contribution in [3.63, 3.8) is 0 Å². The molecule has 21 heavy (non-hydrogen) atoms. The van der Waals surface area contributed by atoms with Crippen LogP contribution >= 0.6 is 22.9 Å². The SMILES string of the molecule is CC1(O)CCN(Cc2csc(-c3ccccc3Cl)n2)CC1. The Balaban J connectivity index is 1.68. The lowest BCUT2D eigenvalue weighted by atomic mass is 9.94. The van der Waals surface area contributed by atoms with E-state index in [0.29, 0.717) is 0 Å². The van der Waals surface area contributed by atoms with Crippen molar-refractivity contribution in [2.75, 3.05) is 13.1 Å². The van der Waals surface area contributed by atoms with Crippen molar-refractivity contribution in [1.29, 1.82) is 0 Å². The molecule has 0 radical (unpaired) electrons. The number of hydrogen-bond donors (Lipinski definition) is 1. The topological polar surface area (TPSA) is 36.4 Å². The van der Waals surface area contributed by atoms with E-state index in [1.807, 2.05) is 31.2 Å². The van der Waals surface area contributed by atoms with Crippen LogP contribution in [0, 0.1) is 0 Å². The average Bonchev–Trinajstić information content (AvgIpc) is 2.90. The summed E-state index contributed by atoms with van der Waals surface area (Å²) in [5, 5.41) is 13.8. The van der Waals surface area contributed by atoms with Gasteiger partial charge in [-0.1, -0.05) is 29.8 Å². The normalized spacial score (nSPS) is 18.8. The Morgan fingerprint density at radius 3 is 2.76 bits per heavy atom. The maximum Gasteiger partial charge on any atom is 0.125 e. The summed E-state index contributed by atoms with van der Waals surface area (Å²) in [6, 6.07) is 7.81. The molecule has 1 aliphatic heterocycles. The summed E-state index contributed by atoms with van der Waals surface area (Å²) >= 11 is 7.85. The van der Waals surface area contributed by atoms with Gasteiger partial charge in [0.05, 0.1) is 16.3 Å². The molecule has 2 aromatic rings. The second-order valence-electron chi connectivity index (χ2n) is 5.90. The van der Waals surface area contributed by atoms with E-state index in [1.165, 1.54) is 0 Å². The first-order chi connectivity index (χ1) is 10.0. The minimum Gasteiger partial charge on any atom is -0.390 e. The number of aromatic nitrogens is 1. The second kappa shape index (κ2) is 6.05. The van der Waals surface area contributed by atoms with Gasteiger partial charge in [-0.3, -0.25) is 4.90 Å². The third-order valence-electron chi connectivity index (χ3n) is 3.97. The van der Waals surface area contributed by atoms with Gasteiger partial charge >= 0.3 is 0 Å². The Kier molecular flexibility index (Phi) is 4.31. The summed E-state index contributed by atoms with van der Waals surface area (Å²) in [5.74, 6) is 0. The first kappa shape index (κ1) is 15.0. The summed E-state index contributed by atoms with van der Waals surface area (Å²) in [5.41, 5.74) is 1.58. The molecular formula is C16H19ClN2OS. The van der Waals surface area contributed by atoms with Gasteiger partial charge in [-0.2, -0.15) is 0 Å². The van der Waals surface area contributed by atoms with Crippen LogP contribution in [0.2, 0.25) is 5.02 Å². The molecule has 0 spiro atoms. The van der Waals surface area contributed by atoms with Gasteiger partial charge in [-0.15, -0.1) is 11.3 Å². The van der Waals surface area contributed by atoms with Gasteiger partial charge in [0.2, 0.25) is 0 Å². The summed E-state index contributed by atoms with van der Waals surface area (Å²) in [7, 11) is 0. The van der Waals surface area contributed by atoms with E-state index in [-0.39, 0.29) is 0 Å². The minimum absolute atomic E-state index is 0.499. The van der Waals surface area contributed by atoms with E-state index in [4.69, 9.17) is 16.6 Å². The van der Waals surface area contributed by atoms with Crippen LogP contribution in [0.3, 0.4) is 0 Å². The number of benzene rings is 1. The van der Waals surface area contributed by atoms with Gasteiger partial charge in [-0.05, 0) is 25.8 Å². The van der Waals surface area contributed by atoms with E-state index in [0.717, 1.165) is 53.8 Å². The molecule has 1 fully saturated rings. The molecule has 0 saturated carbocycles. The highest BCUT2D eigenvalue weighted by atomic mass is 35.5. The lowest BCUT2D eigenvalue weighted by molar-refractivity contribution is -0.00753. The quantitative estimate of drug-likeness (QED) is 0.933. The smallest absolute Gasteiger partial charge is 0.125 e. The standard InChI is InChI=1S/C16H19ClN2OS/c1-16(20)6-8-19(9-7-16)10-12-11-21-15(18-12)13-4-2-3-5-14(13)17/h2-5,11,20H,6-10H2,1H3. The monoisotopic (exact) mass is 322 g/mol. The zero-order chi connectivity index (χ0) is 14.9. The van der Waals surface area contributed by atoms with Crippen molar-refractivity contribution < 1.29 is 5.11 Å². The van der Waals surface area contributed by atoms with Crippen LogP contribution in [-0.2, 0) is 6.54 Å². The first-order valence-corrected chi connectivity index (χ1v) is 8.43. The number of aliphatic hydroxyl groups is 1. The predicted molar refractivity (Wildman–Crippen MR) is 87.7 cm³/mol. The molecule has 1 N–H and O–H groups in total. The highest BCUT2D eigenvalue weighted by Crippen LogP contribution is 2.30. The van der Waals surface area contributed by atoms with Crippen LogP contribution in [0.4, 0.5) is 0 Å². The van der Waals surface area contributed by atoms with Crippen molar-refractivity contribution in [3.05, 3.63) is 40.4 Å². The number of halogens is 1. The zero-order valence-electron chi connectivity index (χ0n) is 12.1. The number of rotatable bonds is 3. The molecule has 0 bridgehead atoms. The summed E-state index contributed by atoms with van der Waals surface area (Å²) < 4.78 is 0. The molecule has 1 aromatic heterocycles. The van der Waals surface area contributed by atoms with Gasteiger partial charge in [-0.25, -0.2) is 4.98 Å². The van der Waals surface area contributed by atoms with Crippen LogP contribution in [0.25, 0.3) is 10.6 Å². The Morgan fingerprint density at radius 1 is 1.33 bits per heavy atom. The molecule has 1 saturated heterocycles. The van der Waals surface area contributed by atoms with Gasteiger partial charge < -0.3 is 5.11 Å². The molecule has 0 aliphatic carbocycles. The van der Waals surface area contributed by atoms with Crippen LogP contribution in [-0.4, -0.2) is 33.7 Å². The number of nitrogens with zero attached hydrogens (tertiary/aromatic N) is 2. The van der Waals surface area contributed by atoms with Crippen LogP contribution in [0.15, 0.2) is 29.6 Å². The molecular weight excluding hydrogens is 304 g/mol. The summed E-state index contributed by atoms with van der Waals surface area (Å²) in [6.45, 7) is 4.61. The van der Waals surface area contributed by atoms with Crippen molar-refractivity contribution in [2.24, 2.45) is 0 Å². The molecule has 0 amide bonds. The average molecular weight is 323 g/mol. The van der Waals surface area contributed by atoms with Crippen molar-refractivity contribution in [2.45, 2.75) is 31.9 Å². The Morgan fingerprint density at radius 2 is 2.05 bits per heavy atom. The first-order valence-electron chi connectivity index (χ1n) is 7.17. The number of thiazole rings is 1. The molecule has 2 heterocycles. The van der Waals surface area contributed by atoms with E-state index < -0.39 is 5.60 Å². The Bertz CT molecular complexity index is 616. The van der Waals surface area contributed by atoms with Gasteiger partial charge in [0.15, 0.2) is 0 Å². The largest absolute Gasteiger partial charge is 0.390 e. The number of piperidine rings is 1. The van der Waals surface area contributed by atoms with Crippen molar-refractivity contribution in [1.82, 2.24) is 9.88 Å². The van der Waals surface area contributed by atoms with Crippen molar-refractivity contribution in [3.8, 4) is 10.6 Å². The van der Waals surface area contributed by atoms with Gasteiger partial charge in [0.25, 0.3) is 0 Å². The molecule has 112 valence electrons. The molecule has 3 nitrogen and oxygen atoms in total. The molecule has 5 heteroatoms. The third-order valence-corrected chi connectivity index (χ3v) is 5.23. The lowest BCUT2D eigenvalue weighted by Gasteiger charge is -2.35. The van der Waals surface area contributed by atoms with E-state index in [9.17, 15) is 5.11 Å². The van der Waals surface area contributed by atoms with Gasteiger partial charge in [0.1, 0.15) is 5.01 Å². The van der Waals surface area contributed by atoms with Crippen LogP contribution in [0.5, 0.6) is 0 Å². The second-order valence-corrected chi connectivity index (χ2v) is 7.16. The van der Waals surface area contributed by atoms with Crippen LogP contribution < -0.4 is 0 Å². The van der Waals surface area contributed by atoms with Gasteiger partial charge in [0, 0.05) is 30.6 Å². The number of hydrogen-bond acceptors (Lipinski definition) is 4. The van der Waals surface area contributed by atoms with E-state index in [2.05, 4.69) is 10.3 Å². The maximum atomic E-state index is 9.99. The fraction of sp³-hybridized carbons (Fsp3) is 0.438. The van der Waals surface area contributed by atoms with E-state index >= 15 is 0 Å². The molecule has 1 aromatic carbocycles. The van der Waals surface area contributed by atoms with E-state index in [1.54, 1.807) is 11.3 Å². The zero-order valence-corrected chi connectivity index (χ0v) is 13.6. The maximum absolute atomic E-state index is 9.99. The van der Waals surface area contributed by atoms with Crippen LogP contribution in [0.1, 0.15) is 25.5 Å². The van der Waals surface area contributed by atoms with Crippen molar-refractivity contribution >= 4 is 22.9 Å². The summed E-state index contributed by atoms with van der Waals surface area (Å²) in [6.07, 6.45) is 1.66. The molecule has 1 aliphatic rings. The minimum atomic E-state index is -0.499. The summed E-state index contributed by atoms with van der Waals surface area (Å²) in [4.78, 5) is 7.05. The highest BCUT2D eigenvalue weighted by molar-refractivity contribution is 7.13. The molecule has 3 rings (SSSR count). The number of likely N-dealkylation sites (tertiary alicyclic amines) is 1. The Labute approximate surface area is 134 Å². The lowest BCUT2D eigenvalue weighted by Crippen LogP contribution is -2.41. The Hall–Kier alpha value is -0.940. The molecule has 0 unspecified atom stereocenters. The predicted octanol–water partition coefficient (Wildman–Crippen LogP) is 3.81. The fourth-order valence-electron chi connectivity index (χ4n) is 2.56. The molecule has 0 atom stereocenters.